The molecule has 1 heterocycles. The molecule has 0 atom stereocenters. The van der Waals surface area contributed by atoms with Gasteiger partial charge in [0.25, 0.3) is 0 Å². The zero-order chi connectivity index (χ0) is 11.3. The van der Waals surface area contributed by atoms with Gasteiger partial charge in [0.15, 0.2) is 0 Å². The summed E-state index contributed by atoms with van der Waals surface area (Å²) in [5, 5.41) is 7.86. The van der Waals surface area contributed by atoms with E-state index in [4.69, 9.17) is 0 Å². The van der Waals surface area contributed by atoms with Crippen LogP contribution in [0.25, 0.3) is 0 Å². The third-order valence-electron chi connectivity index (χ3n) is 2.84. The fourth-order valence-corrected chi connectivity index (χ4v) is 1.79. The molecule has 86 valence electrons. The van der Waals surface area contributed by atoms with E-state index >= 15 is 0 Å². The minimum atomic E-state index is 1.06. The number of anilines is 1. The summed E-state index contributed by atoms with van der Waals surface area (Å²) >= 11 is 0. The molecule has 0 aromatic carbocycles. The molecule has 3 heteroatoms. The number of hydrogen-bond donors (Lipinski definition) is 1. The third-order valence-corrected chi connectivity index (χ3v) is 2.84. The maximum absolute atomic E-state index is 4.38. The van der Waals surface area contributed by atoms with E-state index in [0.29, 0.717) is 0 Å². The summed E-state index contributed by atoms with van der Waals surface area (Å²) in [5.74, 6) is 0. The standard InChI is InChI=1S/C12H23N3/c1-5-6-7-8-9-13-12-10(2)14-15(4)11(12)3/h13H,5-9H2,1-4H3. The monoisotopic (exact) mass is 209 g/mol. The van der Waals surface area contributed by atoms with E-state index in [-0.39, 0.29) is 0 Å². The lowest BCUT2D eigenvalue weighted by Crippen LogP contribution is -2.03. The summed E-state index contributed by atoms with van der Waals surface area (Å²) in [7, 11) is 1.99. The van der Waals surface area contributed by atoms with Gasteiger partial charge in [-0.3, -0.25) is 4.68 Å². The summed E-state index contributed by atoms with van der Waals surface area (Å²) in [6, 6.07) is 0. The fraction of sp³-hybridized carbons (Fsp3) is 0.750. The van der Waals surface area contributed by atoms with Gasteiger partial charge in [-0.1, -0.05) is 26.2 Å². The molecule has 1 rings (SSSR count). The number of hydrogen-bond acceptors (Lipinski definition) is 2. The van der Waals surface area contributed by atoms with E-state index < -0.39 is 0 Å². The average Bonchev–Trinajstić information content (AvgIpc) is 2.44. The molecule has 0 fully saturated rings. The maximum atomic E-state index is 4.38. The Balaban J connectivity index is 2.37. The highest BCUT2D eigenvalue weighted by molar-refractivity contribution is 5.51. The Kier molecular flexibility index (Phi) is 4.66. The van der Waals surface area contributed by atoms with Crippen LogP contribution in [0.2, 0.25) is 0 Å². The number of rotatable bonds is 6. The molecule has 0 saturated heterocycles. The lowest BCUT2D eigenvalue weighted by Gasteiger charge is -2.06. The van der Waals surface area contributed by atoms with Crippen LogP contribution < -0.4 is 5.32 Å². The number of nitrogens with one attached hydrogen (secondary N) is 1. The van der Waals surface area contributed by atoms with Crippen LogP contribution in [-0.4, -0.2) is 16.3 Å². The van der Waals surface area contributed by atoms with Crippen molar-refractivity contribution in [3.05, 3.63) is 11.4 Å². The van der Waals surface area contributed by atoms with Gasteiger partial charge in [-0.05, 0) is 20.3 Å². The van der Waals surface area contributed by atoms with Gasteiger partial charge in [0, 0.05) is 13.6 Å². The van der Waals surface area contributed by atoms with Crippen molar-refractivity contribution in [1.82, 2.24) is 9.78 Å². The highest BCUT2D eigenvalue weighted by atomic mass is 15.3. The van der Waals surface area contributed by atoms with Crippen LogP contribution in [0.3, 0.4) is 0 Å². The molecule has 0 spiro atoms. The number of nitrogens with zero attached hydrogens (tertiary/aromatic N) is 2. The molecule has 0 amide bonds. The van der Waals surface area contributed by atoms with Crippen molar-refractivity contribution < 1.29 is 0 Å². The van der Waals surface area contributed by atoms with Crippen molar-refractivity contribution >= 4 is 5.69 Å². The smallest absolute Gasteiger partial charge is 0.0827 e. The Bertz CT molecular complexity index is 302. The summed E-state index contributed by atoms with van der Waals surface area (Å²) in [5.41, 5.74) is 3.54. The van der Waals surface area contributed by atoms with Gasteiger partial charge in [0.1, 0.15) is 0 Å². The largest absolute Gasteiger partial charge is 0.382 e. The number of unbranched alkanes of at least 4 members (excludes halogenated alkanes) is 3. The topological polar surface area (TPSA) is 29.9 Å². The first-order valence-corrected chi connectivity index (χ1v) is 5.91. The molecule has 15 heavy (non-hydrogen) atoms. The molecule has 0 unspecified atom stereocenters. The number of aryl methyl sites for hydroxylation is 2. The first kappa shape index (κ1) is 12.1. The SMILES string of the molecule is CCCCCCNc1c(C)nn(C)c1C. The normalized spacial score (nSPS) is 10.7. The van der Waals surface area contributed by atoms with Crippen molar-refractivity contribution in [2.45, 2.75) is 46.5 Å². The van der Waals surface area contributed by atoms with Crippen LogP contribution in [0, 0.1) is 13.8 Å². The molecule has 0 aliphatic rings. The second-order valence-electron chi connectivity index (χ2n) is 4.16. The minimum absolute atomic E-state index is 1.06. The molecule has 0 aliphatic carbocycles. The van der Waals surface area contributed by atoms with Crippen LogP contribution in [0.5, 0.6) is 0 Å². The highest BCUT2D eigenvalue weighted by Gasteiger charge is 2.07. The van der Waals surface area contributed by atoms with E-state index in [9.17, 15) is 0 Å². The summed E-state index contributed by atoms with van der Waals surface area (Å²) < 4.78 is 1.93. The minimum Gasteiger partial charge on any atom is -0.382 e. The van der Waals surface area contributed by atoms with Crippen LogP contribution in [0.1, 0.15) is 44.0 Å². The Morgan fingerprint density at radius 1 is 1.20 bits per heavy atom. The predicted molar refractivity (Wildman–Crippen MR) is 65.3 cm³/mol. The average molecular weight is 209 g/mol. The van der Waals surface area contributed by atoms with Gasteiger partial charge in [0.05, 0.1) is 17.1 Å². The van der Waals surface area contributed by atoms with E-state index in [1.54, 1.807) is 0 Å². The molecule has 1 aromatic rings. The lowest BCUT2D eigenvalue weighted by molar-refractivity contribution is 0.684. The summed E-state index contributed by atoms with van der Waals surface area (Å²) in [6.45, 7) is 7.46. The summed E-state index contributed by atoms with van der Waals surface area (Å²) in [4.78, 5) is 0. The second kappa shape index (κ2) is 5.79. The second-order valence-corrected chi connectivity index (χ2v) is 4.16. The van der Waals surface area contributed by atoms with Gasteiger partial charge in [-0.25, -0.2) is 0 Å². The Labute approximate surface area is 92.9 Å². The zero-order valence-electron chi connectivity index (χ0n) is 10.4. The van der Waals surface area contributed by atoms with Crippen molar-refractivity contribution in [2.75, 3.05) is 11.9 Å². The molecule has 1 N–H and O–H groups in total. The van der Waals surface area contributed by atoms with Gasteiger partial charge >= 0.3 is 0 Å². The van der Waals surface area contributed by atoms with Gasteiger partial charge in [0.2, 0.25) is 0 Å². The quantitative estimate of drug-likeness (QED) is 0.730. The van der Waals surface area contributed by atoms with E-state index in [2.05, 4.69) is 31.2 Å². The van der Waals surface area contributed by atoms with E-state index in [1.165, 1.54) is 37.1 Å². The van der Waals surface area contributed by atoms with Crippen LogP contribution >= 0.6 is 0 Å². The molecule has 0 saturated carbocycles. The van der Waals surface area contributed by atoms with Crippen LogP contribution in [0.4, 0.5) is 5.69 Å². The van der Waals surface area contributed by atoms with Crippen molar-refractivity contribution in [2.24, 2.45) is 7.05 Å². The first-order chi connectivity index (χ1) is 7.16. The van der Waals surface area contributed by atoms with Crippen LogP contribution in [-0.2, 0) is 7.05 Å². The molecule has 0 radical (unpaired) electrons. The predicted octanol–water partition coefficient (Wildman–Crippen LogP) is 3.03. The molecular weight excluding hydrogens is 186 g/mol. The van der Waals surface area contributed by atoms with Crippen LogP contribution in [0.15, 0.2) is 0 Å². The third kappa shape index (κ3) is 3.26. The van der Waals surface area contributed by atoms with Gasteiger partial charge < -0.3 is 5.32 Å². The van der Waals surface area contributed by atoms with Gasteiger partial charge in [-0.15, -0.1) is 0 Å². The Hall–Kier alpha value is -0.990. The van der Waals surface area contributed by atoms with Gasteiger partial charge in [-0.2, -0.15) is 5.10 Å². The van der Waals surface area contributed by atoms with E-state index in [0.717, 1.165) is 12.2 Å². The Morgan fingerprint density at radius 3 is 2.47 bits per heavy atom. The molecule has 3 nitrogen and oxygen atoms in total. The fourth-order valence-electron chi connectivity index (χ4n) is 1.79. The lowest BCUT2D eigenvalue weighted by atomic mass is 10.2. The molecule has 0 aliphatic heterocycles. The molecule has 0 bridgehead atoms. The van der Waals surface area contributed by atoms with Crippen molar-refractivity contribution in [3.63, 3.8) is 0 Å². The zero-order valence-corrected chi connectivity index (χ0v) is 10.4. The molecular formula is C12H23N3. The molecule has 1 aromatic heterocycles. The first-order valence-electron chi connectivity index (χ1n) is 5.91. The number of aromatic nitrogens is 2. The van der Waals surface area contributed by atoms with Crippen molar-refractivity contribution in [3.8, 4) is 0 Å². The van der Waals surface area contributed by atoms with Crippen molar-refractivity contribution in [1.29, 1.82) is 0 Å². The van der Waals surface area contributed by atoms with E-state index in [1.807, 2.05) is 11.7 Å². The Morgan fingerprint density at radius 2 is 1.93 bits per heavy atom. The maximum Gasteiger partial charge on any atom is 0.0827 e. The summed E-state index contributed by atoms with van der Waals surface area (Å²) in [6.07, 6.45) is 5.21. The highest BCUT2D eigenvalue weighted by Crippen LogP contribution is 2.18.